The van der Waals surface area contributed by atoms with Gasteiger partial charge < -0.3 is 16.4 Å². The first kappa shape index (κ1) is 17.1. The summed E-state index contributed by atoms with van der Waals surface area (Å²) in [6.45, 7) is 7.26. The number of anilines is 2. The number of aromatic nitrogens is 5. The van der Waals surface area contributed by atoms with Crippen LogP contribution < -0.4 is 16.4 Å². The third-order valence-corrected chi connectivity index (χ3v) is 3.70. The van der Waals surface area contributed by atoms with Crippen molar-refractivity contribution in [1.82, 2.24) is 25.0 Å². The molecule has 0 saturated carbocycles. The molecule has 1 atom stereocenters. The molecule has 0 aliphatic rings. The lowest BCUT2D eigenvalue weighted by atomic mass is 10.2. The minimum absolute atomic E-state index is 0.00755. The molecule has 8 nitrogen and oxygen atoms in total. The second-order valence-corrected chi connectivity index (χ2v) is 6.39. The van der Waals surface area contributed by atoms with Gasteiger partial charge in [0.05, 0.1) is 6.04 Å². The largest absolute Gasteiger partial charge is 0.364 e. The van der Waals surface area contributed by atoms with Gasteiger partial charge in [0.1, 0.15) is 0 Å². The first-order valence-corrected chi connectivity index (χ1v) is 8.44. The third kappa shape index (κ3) is 4.03. The lowest BCUT2D eigenvalue weighted by molar-refractivity contribution is 0.526. The molecule has 132 valence electrons. The molecule has 3 aromatic rings. The predicted octanol–water partition coefficient (Wildman–Crippen LogP) is 2.17. The van der Waals surface area contributed by atoms with Gasteiger partial charge in [0.15, 0.2) is 17.0 Å². The van der Waals surface area contributed by atoms with Crippen molar-refractivity contribution >= 4 is 22.9 Å². The SMILES string of the molecule is CC(N)CNc1nc(NCc2ccccc2)c2nnn(C(C)C)c2n1. The van der Waals surface area contributed by atoms with Crippen molar-refractivity contribution in [3.05, 3.63) is 35.9 Å². The fourth-order valence-electron chi connectivity index (χ4n) is 2.41. The van der Waals surface area contributed by atoms with E-state index in [1.807, 2.05) is 39.0 Å². The molecule has 8 heteroatoms. The van der Waals surface area contributed by atoms with Crippen molar-refractivity contribution in [2.75, 3.05) is 17.2 Å². The van der Waals surface area contributed by atoms with Crippen molar-refractivity contribution in [2.24, 2.45) is 5.73 Å². The van der Waals surface area contributed by atoms with Gasteiger partial charge in [-0.25, -0.2) is 4.68 Å². The summed E-state index contributed by atoms with van der Waals surface area (Å²) < 4.78 is 1.79. The van der Waals surface area contributed by atoms with Gasteiger partial charge in [-0.2, -0.15) is 9.97 Å². The summed E-state index contributed by atoms with van der Waals surface area (Å²) in [7, 11) is 0. The van der Waals surface area contributed by atoms with E-state index in [4.69, 9.17) is 5.73 Å². The number of hydrogen-bond acceptors (Lipinski definition) is 7. The number of benzene rings is 1. The lowest BCUT2D eigenvalue weighted by Crippen LogP contribution is -2.26. The average Bonchev–Trinajstić information content (AvgIpc) is 3.03. The van der Waals surface area contributed by atoms with Crippen LogP contribution in [-0.4, -0.2) is 37.5 Å². The third-order valence-electron chi connectivity index (χ3n) is 3.70. The summed E-state index contributed by atoms with van der Waals surface area (Å²) in [5.74, 6) is 1.18. The van der Waals surface area contributed by atoms with Crippen molar-refractivity contribution in [1.29, 1.82) is 0 Å². The Morgan fingerprint density at radius 1 is 1.08 bits per heavy atom. The zero-order valence-electron chi connectivity index (χ0n) is 14.8. The van der Waals surface area contributed by atoms with Gasteiger partial charge in [-0.1, -0.05) is 35.5 Å². The smallest absolute Gasteiger partial charge is 0.226 e. The number of hydrogen-bond donors (Lipinski definition) is 3. The molecule has 0 aliphatic carbocycles. The minimum atomic E-state index is 0.00755. The van der Waals surface area contributed by atoms with E-state index in [0.717, 1.165) is 5.56 Å². The first-order valence-electron chi connectivity index (χ1n) is 8.44. The minimum Gasteiger partial charge on any atom is -0.364 e. The van der Waals surface area contributed by atoms with Crippen LogP contribution in [0.1, 0.15) is 32.4 Å². The molecule has 0 fully saturated rings. The highest BCUT2D eigenvalue weighted by Crippen LogP contribution is 2.22. The van der Waals surface area contributed by atoms with Crippen LogP contribution in [0.2, 0.25) is 0 Å². The van der Waals surface area contributed by atoms with Crippen LogP contribution in [0.25, 0.3) is 11.2 Å². The van der Waals surface area contributed by atoms with E-state index in [1.165, 1.54) is 0 Å². The van der Waals surface area contributed by atoms with Crippen LogP contribution in [0.15, 0.2) is 30.3 Å². The van der Waals surface area contributed by atoms with E-state index in [-0.39, 0.29) is 12.1 Å². The van der Waals surface area contributed by atoms with Gasteiger partial charge in [-0.15, -0.1) is 5.10 Å². The monoisotopic (exact) mass is 340 g/mol. The van der Waals surface area contributed by atoms with E-state index >= 15 is 0 Å². The van der Waals surface area contributed by atoms with Crippen LogP contribution >= 0.6 is 0 Å². The molecule has 1 aromatic carbocycles. The Hall–Kier alpha value is -2.74. The maximum Gasteiger partial charge on any atom is 0.226 e. The molecular formula is C17H24N8. The number of fused-ring (bicyclic) bond motifs is 1. The summed E-state index contributed by atoms with van der Waals surface area (Å²) in [6, 6.07) is 10.3. The molecule has 2 heterocycles. The molecule has 0 saturated heterocycles. The van der Waals surface area contributed by atoms with Gasteiger partial charge in [-0.05, 0) is 26.3 Å². The molecule has 0 radical (unpaired) electrons. The van der Waals surface area contributed by atoms with Crippen LogP contribution in [0.3, 0.4) is 0 Å². The summed E-state index contributed by atoms with van der Waals surface area (Å²) in [5, 5.41) is 15.0. The van der Waals surface area contributed by atoms with Gasteiger partial charge in [0.25, 0.3) is 0 Å². The zero-order chi connectivity index (χ0) is 17.8. The van der Waals surface area contributed by atoms with Gasteiger partial charge in [-0.3, -0.25) is 0 Å². The van der Waals surface area contributed by atoms with E-state index in [1.54, 1.807) is 4.68 Å². The lowest BCUT2D eigenvalue weighted by Gasteiger charge is -2.12. The summed E-state index contributed by atoms with van der Waals surface area (Å²) in [6.07, 6.45) is 0. The Morgan fingerprint density at radius 2 is 1.84 bits per heavy atom. The van der Waals surface area contributed by atoms with Crippen molar-refractivity contribution in [3.8, 4) is 0 Å². The molecule has 0 aliphatic heterocycles. The Kier molecular flexibility index (Phi) is 5.08. The molecule has 4 N–H and O–H groups in total. The van der Waals surface area contributed by atoms with Crippen molar-refractivity contribution in [3.63, 3.8) is 0 Å². The maximum atomic E-state index is 5.82. The number of nitrogens with two attached hydrogens (primary N) is 1. The Morgan fingerprint density at radius 3 is 2.52 bits per heavy atom. The molecule has 0 bridgehead atoms. The number of nitrogens with zero attached hydrogens (tertiary/aromatic N) is 5. The van der Waals surface area contributed by atoms with Crippen LogP contribution in [-0.2, 0) is 6.54 Å². The molecular weight excluding hydrogens is 316 g/mol. The fraction of sp³-hybridized carbons (Fsp3) is 0.412. The zero-order valence-corrected chi connectivity index (χ0v) is 14.8. The quantitative estimate of drug-likeness (QED) is 0.605. The highest BCUT2D eigenvalue weighted by molar-refractivity contribution is 5.83. The highest BCUT2D eigenvalue weighted by atomic mass is 15.5. The molecule has 3 rings (SSSR count). The van der Waals surface area contributed by atoms with Crippen molar-refractivity contribution < 1.29 is 0 Å². The summed E-state index contributed by atoms with van der Waals surface area (Å²) in [5.41, 5.74) is 8.35. The summed E-state index contributed by atoms with van der Waals surface area (Å²) in [4.78, 5) is 9.12. The second kappa shape index (κ2) is 7.43. The standard InChI is InChI=1S/C17H24N8/c1-11(2)25-16-14(23-24-25)15(19-10-13-7-5-4-6-8-13)21-17(22-16)20-9-12(3)18/h4-8,11-12H,9-10,18H2,1-3H3,(H2,19,20,21,22). The fourth-order valence-corrected chi connectivity index (χ4v) is 2.41. The van der Waals surface area contributed by atoms with Crippen LogP contribution in [0.4, 0.5) is 11.8 Å². The first-order chi connectivity index (χ1) is 12.0. The number of nitrogens with one attached hydrogen (secondary N) is 2. The van der Waals surface area contributed by atoms with E-state index < -0.39 is 0 Å². The molecule has 1 unspecified atom stereocenters. The molecule has 25 heavy (non-hydrogen) atoms. The summed E-state index contributed by atoms with van der Waals surface area (Å²) >= 11 is 0. The van der Waals surface area contributed by atoms with E-state index in [9.17, 15) is 0 Å². The maximum absolute atomic E-state index is 5.82. The van der Waals surface area contributed by atoms with Gasteiger partial charge in [0.2, 0.25) is 5.95 Å². The molecule has 0 amide bonds. The topological polar surface area (TPSA) is 107 Å². The second-order valence-electron chi connectivity index (χ2n) is 6.39. The molecule has 2 aromatic heterocycles. The Labute approximate surface area is 146 Å². The Bertz CT molecular complexity index is 825. The van der Waals surface area contributed by atoms with Gasteiger partial charge in [0, 0.05) is 19.1 Å². The van der Waals surface area contributed by atoms with Crippen LogP contribution in [0.5, 0.6) is 0 Å². The van der Waals surface area contributed by atoms with E-state index in [2.05, 4.69) is 43.0 Å². The normalized spacial score (nSPS) is 12.5. The number of rotatable bonds is 7. The van der Waals surface area contributed by atoms with Crippen molar-refractivity contribution in [2.45, 2.75) is 39.4 Å². The van der Waals surface area contributed by atoms with Crippen LogP contribution in [0, 0.1) is 0 Å². The highest BCUT2D eigenvalue weighted by Gasteiger charge is 2.16. The predicted molar refractivity (Wildman–Crippen MR) is 99.4 cm³/mol. The molecule has 0 spiro atoms. The van der Waals surface area contributed by atoms with Gasteiger partial charge >= 0.3 is 0 Å². The Balaban J connectivity index is 1.93. The average molecular weight is 340 g/mol. The van der Waals surface area contributed by atoms with E-state index in [0.29, 0.717) is 36.0 Å².